The second kappa shape index (κ2) is 5.43. The molecule has 0 saturated heterocycles. The molecule has 0 fully saturated rings. The highest BCUT2D eigenvalue weighted by Crippen LogP contribution is 2.20. The van der Waals surface area contributed by atoms with Gasteiger partial charge >= 0.3 is 0 Å². The van der Waals surface area contributed by atoms with E-state index < -0.39 is 0 Å². The Morgan fingerprint density at radius 3 is 2.65 bits per heavy atom. The number of aryl methyl sites for hydroxylation is 2. The zero-order chi connectivity index (χ0) is 12.3. The van der Waals surface area contributed by atoms with Gasteiger partial charge in [0.2, 0.25) is 0 Å². The number of benzene rings is 1. The molecule has 1 aromatic heterocycles. The Morgan fingerprint density at radius 1 is 1.18 bits per heavy atom. The van der Waals surface area contributed by atoms with E-state index in [4.69, 9.17) is 0 Å². The van der Waals surface area contributed by atoms with Gasteiger partial charge in [-0.25, -0.2) is 4.39 Å². The highest BCUT2D eigenvalue weighted by molar-refractivity contribution is 7.12. The minimum absolute atomic E-state index is 0.174. The molecule has 1 N–H and O–H groups in total. The fourth-order valence-electron chi connectivity index (χ4n) is 1.85. The maximum absolute atomic E-state index is 13.0. The quantitative estimate of drug-likeness (QED) is 0.869. The van der Waals surface area contributed by atoms with E-state index in [2.05, 4.69) is 25.2 Å². The molecule has 0 aliphatic rings. The molecule has 0 amide bonds. The van der Waals surface area contributed by atoms with Gasteiger partial charge in [-0.2, -0.15) is 0 Å². The van der Waals surface area contributed by atoms with Crippen LogP contribution in [0.3, 0.4) is 0 Å². The van der Waals surface area contributed by atoms with Crippen molar-refractivity contribution in [2.24, 2.45) is 0 Å². The predicted molar refractivity (Wildman–Crippen MR) is 70.7 cm³/mol. The molecule has 2 aromatic rings. The van der Waals surface area contributed by atoms with Gasteiger partial charge in [-0.05, 0) is 43.2 Å². The summed E-state index contributed by atoms with van der Waals surface area (Å²) in [7, 11) is 0. The lowest BCUT2D eigenvalue weighted by Crippen LogP contribution is -2.12. The van der Waals surface area contributed by atoms with Crippen LogP contribution in [0.4, 0.5) is 4.39 Å². The van der Waals surface area contributed by atoms with Crippen molar-refractivity contribution >= 4 is 11.3 Å². The smallest absolute Gasteiger partial charge is 0.123 e. The first-order valence-corrected chi connectivity index (χ1v) is 6.48. The van der Waals surface area contributed by atoms with Gasteiger partial charge in [0.25, 0.3) is 0 Å². The molecule has 0 saturated carbocycles. The minimum Gasteiger partial charge on any atom is -0.309 e. The number of hydrogen-bond donors (Lipinski definition) is 1. The summed E-state index contributed by atoms with van der Waals surface area (Å²) in [5, 5.41) is 3.34. The van der Waals surface area contributed by atoms with Crippen LogP contribution in [0.1, 0.15) is 20.9 Å². The normalized spacial score (nSPS) is 10.8. The summed E-state index contributed by atoms with van der Waals surface area (Å²) in [5.74, 6) is -0.174. The first kappa shape index (κ1) is 12.3. The van der Waals surface area contributed by atoms with Crippen molar-refractivity contribution in [1.82, 2.24) is 5.32 Å². The summed E-state index contributed by atoms with van der Waals surface area (Å²) in [6, 6.07) is 8.92. The van der Waals surface area contributed by atoms with Crippen molar-refractivity contribution in [3.05, 3.63) is 57.0 Å². The lowest BCUT2D eigenvalue weighted by molar-refractivity contribution is 0.620. The topological polar surface area (TPSA) is 12.0 Å². The molecule has 0 aliphatic heterocycles. The first-order chi connectivity index (χ1) is 8.15. The van der Waals surface area contributed by atoms with E-state index in [0.717, 1.165) is 12.1 Å². The molecular weight excluding hydrogens is 233 g/mol. The van der Waals surface area contributed by atoms with Crippen LogP contribution in [0.5, 0.6) is 0 Å². The Hall–Kier alpha value is -1.19. The van der Waals surface area contributed by atoms with Crippen molar-refractivity contribution in [3.63, 3.8) is 0 Å². The summed E-state index contributed by atoms with van der Waals surface area (Å²) < 4.78 is 13.0. The third-order valence-electron chi connectivity index (χ3n) is 2.68. The molecule has 1 nitrogen and oxygen atoms in total. The van der Waals surface area contributed by atoms with E-state index in [1.807, 2.05) is 17.4 Å². The number of rotatable bonds is 4. The molecule has 0 bridgehead atoms. The van der Waals surface area contributed by atoms with Crippen LogP contribution in [0.15, 0.2) is 30.3 Å². The van der Waals surface area contributed by atoms with E-state index in [1.54, 1.807) is 12.1 Å². The maximum atomic E-state index is 13.0. The molecule has 0 atom stereocenters. The fourth-order valence-corrected chi connectivity index (χ4v) is 2.79. The van der Waals surface area contributed by atoms with Crippen LogP contribution in [-0.4, -0.2) is 0 Å². The van der Waals surface area contributed by atoms with Crippen LogP contribution >= 0.6 is 11.3 Å². The average Bonchev–Trinajstić information content (AvgIpc) is 2.58. The second-order valence-electron chi connectivity index (χ2n) is 4.17. The highest BCUT2D eigenvalue weighted by Gasteiger charge is 2.02. The Morgan fingerprint density at radius 2 is 2.00 bits per heavy atom. The second-order valence-corrected chi connectivity index (χ2v) is 5.63. The Balaban J connectivity index is 1.89. The maximum Gasteiger partial charge on any atom is 0.123 e. The van der Waals surface area contributed by atoms with Crippen molar-refractivity contribution in [1.29, 1.82) is 0 Å². The summed E-state index contributed by atoms with van der Waals surface area (Å²) in [4.78, 5) is 2.69. The first-order valence-electron chi connectivity index (χ1n) is 5.66. The van der Waals surface area contributed by atoms with Gasteiger partial charge in [0, 0.05) is 22.8 Å². The average molecular weight is 249 g/mol. The third kappa shape index (κ3) is 3.38. The lowest BCUT2D eigenvalue weighted by Gasteiger charge is -2.04. The molecule has 17 heavy (non-hydrogen) atoms. The molecule has 90 valence electrons. The number of hydrogen-bond acceptors (Lipinski definition) is 2. The van der Waals surface area contributed by atoms with E-state index in [-0.39, 0.29) is 5.82 Å². The number of nitrogens with one attached hydrogen (secondary N) is 1. The van der Waals surface area contributed by atoms with Crippen LogP contribution in [-0.2, 0) is 13.1 Å². The highest BCUT2D eigenvalue weighted by atomic mass is 32.1. The SMILES string of the molecule is Cc1cc(CNCc2cccc(F)c2)c(C)s1. The monoisotopic (exact) mass is 249 g/mol. The molecule has 0 aliphatic carbocycles. The largest absolute Gasteiger partial charge is 0.309 e. The van der Waals surface area contributed by atoms with Gasteiger partial charge in [-0.3, -0.25) is 0 Å². The summed E-state index contributed by atoms with van der Waals surface area (Å²) >= 11 is 1.82. The zero-order valence-electron chi connectivity index (χ0n) is 10.1. The van der Waals surface area contributed by atoms with Gasteiger partial charge in [0.1, 0.15) is 5.82 Å². The molecule has 1 heterocycles. The molecule has 2 rings (SSSR count). The van der Waals surface area contributed by atoms with Crippen LogP contribution in [0.2, 0.25) is 0 Å². The third-order valence-corrected chi connectivity index (χ3v) is 3.69. The van der Waals surface area contributed by atoms with Crippen molar-refractivity contribution in [2.75, 3.05) is 0 Å². The molecule has 0 unspecified atom stereocenters. The standard InChI is InChI=1S/C14H16FNS/c1-10-6-13(11(2)17-10)9-16-8-12-4-3-5-14(15)7-12/h3-7,16H,8-9H2,1-2H3. The Bertz CT molecular complexity index is 505. The Labute approximate surface area is 105 Å². The molecule has 0 spiro atoms. The van der Waals surface area contributed by atoms with Crippen LogP contribution in [0, 0.1) is 19.7 Å². The van der Waals surface area contributed by atoms with Crippen molar-refractivity contribution in [3.8, 4) is 0 Å². The summed E-state index contributed by atoms with van der Waals surface area (Å²) in [5.41, 5.74) is 2.32. The van der Waals surface area contributed by atoms with E-state index >= 15 is 0 Å². The van der Waals surface area contributed by atoms with Gasteiger partial charge in [-0.1, -0.05) is 12.1 Å². The molecular formula is C14H16FNS. The van der Waals surface area contributed by atoms with Crippen LogP contribution in [0.25, 0.3) is 0 Å². The number of thiophene rings is 1. The summed E-state index contributed by atoms with van der Waals surface area (Å²) in [6.07, 6.45) is 0. The molecule has 0 radical (unpaired) electrons. The zero-order valence-corrected chi connectivity index (χ0v) is 10.9. The van der Waals surface area contributed by atoms with Gasteiger partial charge in [-0.15, -0.1) is 11.3 Å². The predicted octanol–water partition coefficient (Wildman–Crippen LogP) is 3.79. The van der Waals surface area contributed by atoms with E-state index in [0.29, 0.717) is 6.54 Å². The molecule has 3 heteroatoms. The Kier molecular flexibility index (Phi) is 3.92. The summed E-state index contributed by atoms with van der Waals surface area (Å²) in [6.45, 7) is 5.80. The van der Waals surface area contributed by atoms with E-state index in [1.165, 1.54) is 21.4 Å². The van der Waals surface area contributed by atoms with Crippen molar-refractivity contribution < 1.29 is 4.39 Å². The van der Waals surface area contributed by atoms with Crippen LogP contribution < -0.4 is 5.32 Å². The van der Waals surface area contributed by atoms with Gasteiger partial charge in [0.05, 0.1) is 0 Å². The fraction of sp³-hybridized carbons (Fsp3) is 0.286. The minimum atomic E-state index is -0.174. The van der Waals surface area contributed by atoms with Gasteiger partial charge in [0.15, 0.2) is 0 Å². The molecule has 1 aromatic carbocycles. The van der Waals surface area contributed by atoms with E-state index in [9.17, 15) is 4.39 Å². The number of halogens is 1. The van der Waals surface area contributed by atoms with Crippen molar-refractivity contribution in [2.45, 2.75) is 26.9 Å². The van der Waals surface area contributed by atoms with Gasteiger partial charge < -0.3 is 5.32 Å². The lowest BCUT2D eigenvalue weighted by atomic mass is 10.2.